The summed E-state index contributed by atoms with van der Waals surface area (Å²) in [5.41, 5.74) is -0.176. The molecule has 1 aromatic rings. The third-order valence-corrected chi connectivity index (χ3v) is 5.44. The lowest BCUT2D eigenvalue weighted by molar-refractivity contribution is -0.141. The van der Waals surface area contributed by atoms with Crippen LogP contribution in [0.5, 0.6) is 0 Å². The van der Waals surface area contributed by atoms with E-state index < -0.39 is 29.4 Å². The Hall–Kier alpha value is -2.51. The van der Waals surface area contributed by atoms with E-state index in [1.54, 1.807) is 0 Å². The molecule has 2 fully saturated rings. The Bertz CT molecular complexity index is 747. The summed E-state index contributed by atoms with van der Waals surface area (Å²) in [6, 6.07) is 2.73. The van der Waals surface area contributed by atoms with Crippen molar-refractivity contribution in [3.63, 3.8) is 0 Å². The molecule has 27 heavy (non-hydrogen) atoms. The number of amides is 2. The van der Waals surface area contributed by atoms with Gasteiger partial charge in [0, 0.05) is 31.1 Å². The van der Waals surface area contributed by atoms with Crippen LogP contribution in [0.4, 0.5) is 8.78 Å². The van der Waals surface area contributed by atoms with Crippen molar-refractivity contribution in [1.82, 2.24) is 10.2 Å². The second-order valence-corrected chi connectivity index (χ2v) is 7.24. The minimum Gasteiger partial charge on any atom is -0.481 e. The number of rotatable bonds is 4. The maximum Gasteiger partial charge on any atom is 0.306 e. The number of carbonyl (C=O) groups excluding carboxylic acids is 2. The van der Waals surface area contributed by atoms with Crippen LogP contribution in [-0.4, -0.2) is 46.9 Å². The smallest absolute Gasteiger partial charge is 0.306 e. The van der Waals surface area contributed by atoms with Crippen molar-refractivity contribution in [2.45, 2.75) is 38.1 Å². The molecule has 0 radical (unpaired) electrons. The Balaban J connectivity index is 1.50. The molecular weight excluding hydrogens is 358 g/mol. The van der Waals surface area contributed by atoms with Crippen molar-refractivity contribution in [2.75, 3.05) is 13.1 Å². The third kappa shape index (κ3) is 4.43. The minimum absolute atomic E-state index is 0.119. The van der Waals surface area contributed by atoms with Gasteiger partial charge in [0.15, 0.2) is 0 Å². The lowest BCUT2D eigenvalue weighted by Gasteiger charge is -2.32. The highest BCUT2D eigenvalue weighted by atomic mass is 19.1. The highest BCUT2D eigenvalue weighted by Crippen LogP contribution is 2.27. The highest BCUT2D eigenvalue weighted by molar-refractivity contribution is 5.94. The molecule has 3 rings (SSSR count). The average Bonchev–Trinajstić information content (AvgIpc) is 3.10. The lowest BCUT2D eigenvalue weighted by Crippen LogP contribution is -2.45. The maximum atomic E-state index is 13.8. The van der Waals surface area contributed by atoms with E-state index in [1.807, 2.05) is 0 Å². The zero-order valence-corrected chi connectivity index (χ0v) is 14.8. The summed E-state index contributed by atoms with van der Waals surface area (Å²) in [4.78, 5) is 37.3. The van der Waals surface area contributed by atoms with Crippen molar-refractivity contribution >= 4 is 17.8 Å². The molecule has 2 aliphatic rings. The van der Waals surface area contributed by atoms with E-state index in [9.17, 15) is 23.2 Å². The molecule has 0 spiro atoms. The fraction of sp³-hybridized carbons (Fsp3) is 0.526. The molecule has 2 amide bonds. The Labute approximate surface area is 155 Å². The van der Waals surface area contributed by atoms with E-state index in [4.69, 9.17) is 5.11 Å². The fourth-order valence-corrected chi connectivity index (χ4v) is 3.83. The van der Waals surface area contributed by atoms with Gasteiger partial charge in [-0.05, 0) is 44.2 Å². The summed E-state index contributed by atoms with van der Waals surface area (Å²) in [6.45, 7) is 0.631. The van der Waals surface area contributed by atoms with E-state index in [0.29, 0.717) is 51.3 Å². The molecule has 1 aromatic carbocycles. The van der Waals surface area contributed by atoms with Gasteiger partial charge in [0.05, 0.1) is 11.5 Å². The summed E-state index contributed by atoms with van der Waals surface area (Å²) in [6.07, 6.45) is 2.58. The van der Waals surface area contributed by atoms with Gasteiger partial charge in [-0.1, -0.05) is 0 Å². The van der Waals surface area contributed by atoms with Crippen molar-refractivity contribution in [2.24, 2.45) is 11.8 Å². The van der Waals surface area contributed by atoms with E-state index >= 15 is 0 Å². The number of hydrogen-bond acceptors (Lipinski definition) is 3. The van der Waals surface area contributed by atoms with Gasteiger partial charge in [-0.2, -0.15) is 0 Å². The lowest BCUT2D eigenvalue weighted by atomic mass is 9.95. The second kappa shape index (κ2) is 8.02. The standard InChI is InChI=1S/C19H22F2N2O4/c20-13-2-4-15(16(21)10-13)18(25)23-7-5-11(6-8-23)17(24)22-14-3-1-12(9-14)19(26)27/h2,4,10-12,14H,1,3,5-9H2,(H,22,24)(H,26,27)/t12-,14+/m1/s1. The van der Waals surface area contributed by atoms with Gasteiger partial charge in [0.1, 0.15) is 11.6 Å². The van der Waals surface area contributed by atoms with Crippen molar-refractivity contribution in [3.05, 3.63) is 35.4 Å². The molecule has 1 heterocycles. The monoisotopic (exact) mass is 380 g/mol. The molecule has 0 unspecified atom stereocenters. The van der Waals surface area contributed by atoms with Gasteiger partial charge in [-0.15, -0.1) is 0 Å². The molecule has 0 aromatic heterocycles. The normalized spacial score (nSPS) is 23.3. The van der Waals surface area contributed by atoms with E-state index in [1.165, 1.54) is 4.90 Å². The van der Waals surface area contributed by atoms with Gasteiger partial charge in [0.25, 0.3) is 5.91 Å². The number of carboxylic acid groups (broad SMARTS) is 1. The molecular formula is C19H22F2N2O4. The molecule has 1 saturated heterocycles. The van der Waals surface area contributed by atoms with Crippen molar-refractivity contribution in [1.29, 1.82) is 0 Å². The molecule has 1 aliphatic heterocycles. The van der Waals surface area contributed by atoms with Gasteiger partial charge in [-0.3, -0.25) is 14.4 Å². The summed E-state index contributed by atoms with van der Waals surface area (Å²) in [7, 11) is 0. The van der Waals surface area contributed by atoms with Crippen LogP contribution in [0.1, 0.15) is 42.5 Å². The van der Waals surface area contributed by atoms with E-state index in [0.717, 1.165) is 12.1 Å². The zero-order valence-electron chi connectivity index (χ0n) is 14.8. The number of carbonyl (C=O) groups is 3. The number of likely N-dealkylation sites (tertiary alicyclic amines) is 1. The first-order valence-corrected chi connectivity index (χ1v) is 9.12. The molecule has 1 aliphatic carbocycles. The van der Waals surface area contributed by atoms with Crippen LogP contribution in [0.15, 0.2) is 18.2 Å². The van der Waals surface area contributed by atoms with Gasteiger partial charge < -0.3 is 15.3 Å². The summed E-state index contributed by atoms with van der Waals surface area (Å²) in [5.74, 6) is -3.74. The average molecular weight is 380 g/mol. The van der Waals surface area contributed by atoms with E-state index in [-0.39, 0.29) is 23.4 Å². The Kier molecular flexibility index (Phi) is 5.72. The van der Waals surface area contributed by atoms with Crippen molar-refractivity contribution < 1.29 is 28.3 Å². The Morgan fingerprint density at radius 1 is 1.04 bits per heavy atom. The molecule has 8 heteroatoms. The van der Waals surface area contributed by atoms with Gasteiger partial charge >= 0.3 is 5.97 Å². The highest BCUT2D eigenvalue weighted by Gasteiger charge is 2.33. The van der Waals surface area contributed by atoms with Crippen LogP contribution < -0.4 is 5.32 Å². The molecule has 146 valence electrons. The third-order valence-electron chi connectivity index (χ3n) is 5.44. The van der Waals surface area contributed by atoms with Crippen LogP contribution >= 0.6 is 0 Å². The summed E-state index contributed by atoms with van der Waals surface area (Å²) in [5, 5.41) is 11.9. The topological polar surface area (TPSA) is 86.7 Å². The van der Waals surface area contributed by atoms with Gasteiger partial charge in [-0.25, -0.2) is 8.78 Å². The Morgan fingerprint density at radius 2 is 1.74 bits per heavy atom. The largest absolute Gasteiger partial charge is 0.481 e. The first-order valence-electron chi connectivity index (χ1n) is 9.12. The first-order chi connectivity index (χ1) is 12.8. The number of benzene rings is 1. The van der Waals surface area contributed by atoms with Crippen LogP contribution in [0.25, 0.3) is 0 Å². The minimum atomic E-state index is -0.894. The molecule has 1 saturated carbocycles. The SMILES string of the molecule is O=C(N[C@H]1CC[C@@H](C(=O)O)C1)C1CCN(C(=O)c2ccc(F)cc2F)CC1. The second-order valence-electron chi connectivity index (χ2n) is 7.24. The molecule has 0 bridgehead atoms. The molecule has 2 N–H and O–H groups in total. The summed E-state index contributed by atoms with van der Waals surface area (Å²) >= 11 is 0. The maximum absolute atomic E-state index is 13.8. The number of halogens is 2. The number of aliphatic carboxylic acids is 1. The van der Waals surface area contributed by atoms with Crippen molar-refractivity contribution in [3.8, 4) is 0 Å². The van der Waals surface area contributed by atoms with Gasteiger partial charge in [0.2, 0.25) is 5.91 Å². The predicted octanol–water partition coefficient (Wildman–Crippen LogP) is 2.19. The number of piperidine rings is 1. The predicted molar refractivity (Wildman–Crippen MR) is 91.9 cm³/mol. The Morgan fingerprint density at radius 3 is 2.33 bits per heavy atom. The number of nitrogens with zero attached hydrogens (tertiary/aromatic N) is 1. The fourth-order valence-electron chi connectivity index (χ4n) is 3.83. The van der Waals surface area contributed by atoms with Crippen LogP contribution in [0, 0.1) is 23.5 Å². The zero-order chi connectivity index (χ0) is 19.6. The molecule has 2 atom stereocenters. The van der Waals surface area contributed by atoms with Crippen LogP contribution in [0.2, 0.25) is 0 Å². The van der Waals surface area contributed by atoms with E-state index in [2.05, 4.69) is 5.32 Å². The number of hydrogen-bond donors (Lipinski definition) is 2. The van der Waals surface area contributed by atoms with Crippen LogP contribution in [0.3, 0.4) is 0 Å². The first kappa shape index (κ1) is 19.3. The summed E-state index contributed by atoms with van der Waals surface area (Å²) < 4.78 is 26.8. The quantitative estimate of drug-likeness (QED) is 0.838. The number of nitrogens with one attached hydrogen (secondary N) is 1. The number of carboxylic acids is 1. The molecule has 6 nitrogen and oxygen atoms in total. The van der Waals surface area contributed by atoms with Crippen LogP contribution in [-0.2, 0) is 9.59 Å².